The predicted molar refractivity (Wildman–Crippen MR) is 132 cm³/mol. The molecule has 0 atom stereocenters. The quantitative estimate of drug-likeness (QED) is 0.203. The van der Waals surface area contributed by atoms with Crippen molar-refractivity contribution in [3.8, 4) is 11.5 Å². The molecule has 1 fully saturated rings. The molecule has 3 aromatic carbocycles. The Balaban J connectivity index is 1.58. The molecule has 0 N–H and O–H groups in total. The van der Waals surface area contributed by atoms with Gasteiger partial charge in [-0.05, 0) is 53.7 Å². The fourth-order valence-electron chi connectivity index (χ4n) is 3.28. The van der Waals surface area contributed by atoms with E-state index in [2.05, 4.69) is 0 Å². The van der Waals surface area contributed by atoms with Gasteiger partial charge in [0.25, 0.3) is 11.1 Å². The number of rotatable bonds is 6. The number of hydrogen-bond donors (Lipinski definition) is 0. The first-order valence-corrected chi connectivity index (χ1v) is 11.7. The van der Waals surface area contributed by atoms with Gasteiger partial charge < -0.3 is 9.47 Å². The lowest BCUT2D eigenvalue weighted by Crippen LogP contribution is -2.27. The van der Waals surface area contributed by atoms with Gasteiger partial charge >= 0.3 is 5.97 Å². The molecule has 3 aromatic rings. The van der Waals surface area contributed by atoms with Crippen molar-refractivity contribution in [2.24, 2.45) is 0 Å². The number of imide groups is 1. The summed E-state index contributed by atoms with van der Waals surface area (Å²) in [6.45, 7) is -0.185. The van der Waals surface area contributed by atoms with E-state index >= 15 is 0 Å². The molecular formula is C25H16Cl2FNO5S. The van der Waals surface area contributed by atoms with Crippen LogP contribution in [0.15, 0.2) is 65.6 Å². The van der Waals surface area contributed by atoms with Crippen LogP contribution in [0.1, 0.15) is 21.5 Å². The Hall–Kier alpha value is -3.33. The molecule has 0 aromatic heterocycles. The molecule has 1 aliphatic heterocycles. The van der Waals surface area contributed by atoms with Crippen molar-refractivity contribution in [2.45, 2.75) is 6.54 Å². The maximum atomic E-state index is 14.0. The molecule has 2 amide bonds. The zero-order chi connectivity index (χ0) is 25.1. The van der Waals surface area contributed by atoms with Crippen molar-refractivity contribution < 1.29 is 28.2 Å². The van der Waals surface area contributed by atoms with Gasteiger partial charge in [0.2, 0.25) is 0 Å². The Morgan fingerprint density at radius 2 is 1.77 bits per heavy atom. The first kappa shape index (κ1) is 24.8. The Kier molecular flexibility index (Phi) is 7.45. The first-order chi connectivity index (χ1) is 16.8. The average Bonchev–Trinajstić information content (AvgIpc) is 3.09. The number of halogens is 3. The number of amides is 2. The van der Waals surface area contributed by atoms with Crippen LogP contribution in [0.3, 0.4) is 0 Å². The van der Waals surface area contributed by atoms with E-state index in [1.54, 1.807) is 24.3 Å². The van der Waals surface area contributed by atoms with Crippen LogP contribution < -0.4 is 9.47 Å². The summed E-state index contributed by atoms with van der Waals surface area (Å²) in [6, 6.07) is 15.3. The molecular weight excluding hydrogens is 516 g/mol. The molecule has 0 aliphatic carbocycles. The van der Waals surface area contributed by atoms with Gasteiger partial charge in [-0.1, -0.05) is 53.5 Å². The van der Waals surface area contributed by atoms with Crippen molar-refractivity contribution in [3.05, 3.63) is 98.1 Å². The van der Waals surface area contributed by atoms with Gasteiger partial charge in [0, 0.05) is 5.56 Å². The monoisotopic (exact) mass is 531 g/mol. The van der Waals surface area contributed by atoms with Gasteiger partial charge in [-0.25, -0.2) is 9.18 Å². The van der Waals surface area contributed by atoms with Crippen molar-refractivity contribution in [1.29, 1.82) is 0 Å². The fraction of sp³-hybridized carbons (Fsp3) is 0.0800. The lowest BCUT2D eigenvalue weighted by atomic mass is 10.1. The summed E-state index contributed by atoms with van der Waals surface area (Å²) < 4.78 is 24.7. The summed E-state index contributed by atoms with van der Waals surface area (Å²) in [4.78, 5) is 38.9. The number of carbonyl (C=O) groups excluding carboxylic acids is 3. The molecule has 1 heterocycles. The molecule has 35 heavy (non-hydrogen) atoms. The second kappa shape index (κ2) is 10.5. The minimum absolute atomic E-state index is 0.0242. The molecule has 1 aliphatic rings. The molecule has 178 valence electrons. The van der Waals surface area contributed by atoms with Crippen molar-refractivity contribution in [1.82, 2.24) is 4.90 Å². The van der Waals surface area contributed by atoms with E-state index < -0.39 is 22.9 Å². The van der Waals surface area contributed by atoms with E-state index in [4.69, 9.17) is 32.7 Å². The number of esters is 1. The number of methoxy groups -OCH3 is 1. The molecule has 1 saturated heterocycles. The van der Waals surface area contributed by atoms with Gasteiger partial charge in [0.05, 0.1) is 34.2 Å². The molecule has 0 spiro atoms. The summed E-state index contributed by atoms with van der Waals surface area (Å²) in [6.07, 6.45) is 1.46. The number of ether oxygens (including phenoxy) is 2. The van der Waals surface area contributed by atoms with E-state index in [-0.39, 0.29) is 44.1 Å². The predicted octanol–water partition coefficient (Wildman–Crippen LogP) is 6.60. The number of thioether (sulfide) groups is 1. The highest BCUT2D eigenvalue weighted by atomic mass is 35.5. The van der Waals surface area contributed by atoms with Gasteiger partial charge in [0.15, 0.2) is 11.5 Å². The van der Waals surface area contributed by atoms with Crippen molar-refractivity contribution in [2.75, 3.05) is 7.11 Å². The Bertz CT molecular complexity index is 1380. The summed E-state index contributed by atoms with van der Waals surface area (Å²) in [5, 5.41) is -0.259. The van der Waals surface area contributed by atoms with Gasteiger partial charge in [0.1, 0.15) is 5.82 Å². The van der Waals surface area contributed by atoms with Crippen LogP contribution in [0.5, 0.6) is 11.5 Å². The number of carbonyl (C=O) groups is 3. The van der Waals surface area contributed by atoms with E-state index in [1.165, 1.54) is 49.6 Å². The van der Waals surface area contributed by atoms with Crippen LogP contribution in [-0.4, -0.2) is 29.1 Å². The van der Waals surface area contributed by atoms with E-state index in [1.807, 2.05) is 0 Å². The largest absolute Gasteiger partial charge is 0.493 e. The SMILES string of the molecule is COc1cc(/C=C2\SC(=O)N(Cc3ccccc3F)C2=O)cc(Cl)c1OC(=O)c1ccccc1Cl. The van der Waals surface area contributed by atoms with Crippen molar-refractivity contribution in [3.63, 3.8) is 0 Å². The lowest BCUT2D eigenvalue weighted by Gasteiger charge is -2.13. The summed E-state index contributed by atoms with van der Waals surface area (Å²) in [5.41, 5.74) is 0.811. The third-order valence-electron chi connectivity index (χ3n) is 5.00. The molecule has 0 saturated carbocycles. The molecule has 0 unspecified atom stereocenters. The summed E-state index contributed by atoms with van der Waals surface area (Å²) >= 11 is 13.1. The van der Waals surface area contributed by atoms with Crippen molar-refractivity contribution >= 4 is 58.2 Å². The average molecular weight is 532 g/mol. The van der Waals surface area contributed by atoms with Gasteiger partial charge in [-0.3, -0.25) is 14.5 Å². The third kappa shape index (κ3) is 5.35. The second-order valence-electron chi connectivity index (χ2n) is 7.26. The lowest BCUT2D eigenvalue weighted by molar-refractivity contribution is -0.123. The molecule has 6 nitrogen and oxygen atoms in total. The summed E-state index contributed by atoms with van der Waals surface area (Å²) in [5.74, 6) is -1.68. The van der Waals surface area contributed by atoms with Crippen LogP contribution in [0.2, 0.25) is 10.0 Å². The van der Waals surface area contributed by atoms with Crippen LogP contribution in [0, 0.1) is 5.82 Å². The molecule has 10 heteroatoms. The van der Waals surface area contributed by atoms with Crippen LogP contribution in [-0.2, 0) is 11.3 Å². The zero-order valence-corrected chi connectivity index (χ0v) is 20.4. The smallest absolute Gasteiger partial charge is 0.345 e. The Morgan fingerprint density at radius 1 is 1.06 bits per heavy atom. The van der Waals surface area contributed by atoms with Crippen LogP contribution in [0.25, 0.3) is 6.08 Å². The second-order valence-corrected chi connectivity index (χ2v) is 9.07. The first-order valence-electron chi connectivity index (χ1n) is 10.1. The molecule has 0 radical (unpaired) electrons. The van der Waals surface area contributed by atoms with E-state index in [0.29, 0.717) is 5.56 Å². The maximum Gasteiger partial charge on any atom is 0.345 e. The zero-order valence-electron chi connectivity index (χ0n) is 18.1. The van der Waals surface area contributed by atoms with E-state index in [0.717, 1.165) is 16.7 Å². The highest BCUT2D eigenvalue weighted by molar-refractivity contribution is 8.18. The molecule has 4 rings (SSSR count). The standard InChI is InChI=1S/C25H16Cl2FNO5S/c1-33-20-11-14(10-18(27)22(20)34-24(31)16-7-3-4-8-17(16)26)12-21-23(30)29(25(32)35-21)13-15-6-2-5-9-19(15)28/h2-12H,13H2,1H3/b21-12-. The highest BCUT2D eigenvalue weighted by Gasteiger charge is 2.35. The summed E-state index contributed by atoms with van der Waals surface area (Å²) in [7, 11) is 1.37. The van der Waals surface area contributed by atoms with E-state index in [9.17, 15) is 18.8 Å². The molecule has 0 bridgehead atoms. The minimum atomic E-state index is -0.724. The maximum absolute atomic E-state index is 14.0. The minimum Gasteiger partial charge on any atom is -0.493 e. The fourth-order valence-corrected chi connectivity index (χ4v) is 4.59. The third-order valence-corrected chi connectivity index (χ3v) is 6.52. The van der Waals surface area contributed by atoms with Crippen LogP contribution in [0.4, 0.5) is 9.18 Å². The number of benzene rings is 3. The Labute approximate surface area is 214 Å². The number of hydrogen-bond acceptors (Lipinski definition) is 6. The van der Waals surface area contributed by atoms with Gasteiger partial charge in [-0.2, -0.15) is 0 Å². The number of nitrogens with zero attached hydrogens (tertiary/aromatic N) is 1. The normalized spacial score (nSPS) is 14.5. The highest BCUT2D eigenvalue weighted by Crippen LogP contribution is 2.40. The topological polar surface area (TPSA) is 72.9 Å². The van der Waals surface area contributed by atoms with Crippen LogP contribution >= 0.6 is 35.0 Å². The van der Waals surface area contributed by atoms with Gasteiger partial charge in [-0.15, -0.1) is 0 Å². The Morgan fingerprint density at radius 3 is 2.49 bits per heavy atom.